The summed E-state index contributed by atoms with van der Waals surface area (Å²) >= 11 is 0. The molecule has 74 heavy (non-hydrogen) atoms. The number of benzene rings is 7. The van der Waals surface area contributed by atoms with Crippen LogP contribution in [0.1, 0.15) is 98.2 Å². The number of rotatable bonds is 18. The lowest BCUT2D eigenvalue weighted by Crippen LogP contribution is -2.14. The lowest BCUT2D eigenvalue weighted by molar-refractivity contribution is -0.385. The van der Waals surface area contributed by atoms with E-state index in [2.05, 4.69) is 10.6 Å². The van der Waals surface area contributed by atoms with Gasteiger partial charge < -0.3 is 15.7 Å². The number of carbonyl (C=O) groups excluding carboxylic acids is 2. The maximum absolute atomic E-state index is 13.4. The van der Waals surface area contributed by atoms with Crippen LogP contribution in [-0.4, -0.2) is 58.4 Å². The molecule has 0 saturated heterocycles. The monoisotopic (exact) mass is 1040 g/mol. The Kier molecular flexibility index (Phi) is 15.1. The Morgan fingerprint density at radius 2 is 1.01 bits per heavy atom. The van der Waals surface area contributed by atoms with E-state index in [0.29, 0.717) is 50.9 Å². The molecular formula is C54H48N4O14S2. The van der Waals surface area contributed by atoms with E-state index in [1.165, 1.54) is 66.7 Å². The molecule has 380 valence electrons. The van der Waals surface area contributed by atoms with E-state index in [-0.39, 0.29) is 63.7 Å². The molecule has 0 bridgehead atoms. The Morgan fingerprint density at radius 1 is 0.554 bits per heavy atom. The summed E-state index contributed by atoms with van der Waals surface area (Å²) in [6, 6.07) is 27.9. The number of nitrogens with zero attached hydrogens (tertiary/aromatic N) is 2. The number of nitro groups is 2. The number of hydrogen-bond acceptors (Lipinski definition) is 13. The first kappa shape index (κ1) is 53.4. The van der Waals surface area contributed by atoms with Crippen molar-refractivity contribution in [2.45, 2.75) is 70.1 Å². The first-order valence-corrected chi connectivity index (χ1v) is 25.5. The number of carbonyl (C=O) groups is 3. The Balaban J connectivity index is 1.27. The van der Waals surface area contributed by atoms with Crippen LogP contribution < -0.4 is 10.6 Å². The number of ketones is 2. The van der Waals surface area contributed by atoms with Crippen molar-refractivity contribution in [3.8, 4) is 0 Å². The number of nitro benzene ring substituents is 2. The van der Waals surface area contributed by atoms with Crippen molar-refractivity contribution in [3.63, 3.8) is 0 Å². The lowest BCUT2D eigenvalue weighted by Gasteiger charge is -2.24. The standard InChI is InChI=1S/C54H48N4O14S2/c1-29-23-31(3)52(33(5)44(29)27-48(59)35-9-16-40(17-10-35)57(63)64)55-39-14-7-37(8-15-39)51(43-21-20-42(73(67,68)69)26-50(43)74(70,71)72)38-13-22-47(46(25-38)54(61)62)56-53-32(4)24-30(2)45(34(53)6)28-49(60)36-11-18-41(19-12-36)58(65)66/h7-26,51,55-56H,27-28H2,1-6H3,(H,61,62)(H,67,68,69)(H,70,71,72). The number of Topliss-reactive ketones (excluding diaryl/α,β-unsaturated/α-hetero) is 2. The number of nitrogens with one attached hydrogen (secondary N) is 2. The number of carboxylic acid groups (broad SMARTS) is 1. The molecule has 0 spiro atoms. The fourth-order valence-corrected chi connectivity index (χ4v) is 10.5. The second-order valence-electron chi connectivity index (χ2n) is 17.9. The Bertz CT molecular complexity index is 3690. The first-order valence-electron chi connectivity index (χ1n) is 22.6. The van der Waals surface area contributed by atoms with Gasteiger partial charge in [0.25, 0.3) is 31.6 Å². The number of hydrogen-bond donors (Lipinski definition) is 5. The molecule has 18 nitrogen and oxygen atoms in total. The number of anilines is 4. The van der Waals surface area contributed by atoms with Crippen LogP contribution >= 0.6 is 0 Å². The van der Waals surface area contributed by atoms with Crippen LogP contribution in [0.3, 0.4) is 0 Å². The first-order chi connectivity index (χ1) is 34.7. The van der Waals surface area contributed by atoms with Gasteiger partial charge in [-0.3, -0.25) is 38.9 Å². The molecule has 7 aromatic carbocycles. The van der Waals surface area contributed by atoms with Crippen molar-refractivity contribution in [1.82, 2.24) is 0 Å². The maximum atomic E-state index is 13.4. The van der Waals surface area contributed by atoms with Crippen molar-refractivity contribution in [3.05, 3.63) is 219 Å². The summed E-state index contributed by atoms with van der Waals surface area (Å²) in [7, 11) is -10.2. The fourth-order valence-electron chi connectivity index (χ4n) is 9.20. The van der Waals surface area contributed by atoms with Gasteiger partial charge in [0, 0.05) is 71.2 Å². The van der Waals surface area contributed by atoms with E-state index >= 15 is 0 Å². The van der Waals surface area contributed by atoms with Crippen LogP contribution in [0.4, 0.5) is 34.1 Å². The molecule has 0 aliphatic carbocycles. The van der Waals surface area contributed by atoms with Crippen molar-refractivity contribution < 1.29 is 55.3 Å². The van der Waals surface area contributed by atoms with Gasteiger partial charge in [-0.2, -0.15) is 16.8 Å². The topological polar surface area (TPSA) is 291 Å². The highest BCUT2D eigenvalue weighted by Gasteiger charge is 2.29. The summed E-state index contributed by atoms with van der Waals surface area (Å²) < 4.78 is 71.0. The average molecular weight is 1040 g/mol. The van der Waals surface area contributed by atoms with E-state index in [0.717, 1.165) is 39.9 Å². The minimum atomic E-state index is -5.22. The van der Waals surface area contributed by atoms with Gasteiger partial charge in [-0.25, -0.2) is 4.79 Å². The summed E-state index contributed by atoms with van der Waals surface area (Å²) in [4.78, 5) is 59.6. The number of non-ortho nitro benzene ring substituents is 2. The molecular weight excluding hydrogens is 993 g/mol. The van der Waals surface area contributed by atoms with Gasteiger partial charge in [0.05, 0.1) is 30.9 Å². The van der Waals surface area contributed by atoms with Gasteiger partial charge in [0.1, 0.15) is 0 Å². The largest absolute Gasteiger partial charge is 0.478 e. The molecule has 1 unspecified atom stereocenters. The summed E-state index contributed by atoms with van der Waals surface area (Å²) in [5.74, 6) is -3.15. The number of carboxylic acids is 1. The van der Waals surface area contributed by atoms with Crippen LogP contribution in [0.15, 0.2) is 131 Å². The number of aryl methyl sites for hydroxylation is 4. The summed E-state index contributed by atoms with van der Waals surface area (Å²) in [5, 5.41) is 39.7. The van der Waals surface area contributed by atoms with Crippen molar-refractivity contribution in [2.24, 2.45) is 0 Å². The molecule has 0 aliphatic heterocycles. The van der Waals surface area contributed by atoms with Crippen LogP contribution in [-0.2, 0) is 33.1 Å². The molecule has 0 aromatic heterocycles. The third-order valence-corrected chi connectivity index (χ3v) is 14.7. The molecule has 0 aliphatic rings. The number of aromatic carboxylic acids is 1. The van der Waals surface area contributed by atoms with Crippen LogP contribution in [0, 0.1) is 61.8 Å². The smallest absolute Gasteiger partial charge is 0.337 e. The average Bonchev–Trinajstić information content (AvgIpc) is 3.34. The molecule has 0 saturated carbocycles. The van der Waals surface area contributed by atoms with Gasteiger partial charge in [-0.05, 0) is 163 Å². The van der Waals surface area contributed by atoms with Crippen molar-refractivity contribution in [1.29, 1.82) is 0 Å². The van der Waals surface area contributed by atoms with Crippen LogP contribution in [0.5, 0.6) is 0 Å². The molecule has 0 heterocycles. The quantitative estimate of drug-likeness (QED) is 0.0175. The van der Waals surface area contributed by atoms with Gasteiger partial charge in [-0.15, -0.1) is 0 Å². The van der Waals surface area contributed by atoms with E-state index in [4.69, 9.17) is 0 Å². The van der Waals surface area contributed by atoms with Gasteiger partial charge in [0.15, 0.2) is 11.6 Å². The minimum Gasteiger partial charge on any atom is -0.478 e. The van der Waals surface area contributed by atoms with E-state index < -0.39 is 51.8 Å². The van der Waals surface area contributed by atoms with Gasteiger partial charge >= 0.3 is 5.97 Å². The van der Waals surface area contributed by atoms with Crippen molar-refractivity contribution >= 4 is 71.9 Å². The highest BCUT2D eigenvalue weighted by molar-refractivity contribution is 7.86. The van der Waals surface area contributed by atoms with Crippen LogP contribution in [0.2, 0.25) is 0 Å². The molecule has 5 N–H and O–H groups in total. The zero-order chi connectivity index (χ0) is 54.1. The van der Waals surface area contributed by atoms with Crippen LogP contribution in [0.25, 0.3) is 0 Å². The molecule has 7 rings (SSSR count). The Hall–Kier alpha value is -8.43. The highest BCUT2D eigenvalue weighted by Crippen LogP contribution is 2.41. The summed E-state index contributed by atoms with van der Waals surface area (Å²) in [5.41, 5.74) is 8.11. The second-order valence-corrected chi connectivity index (χ2v) is 20.7. The third kappa shape index (κ3) is 11.4. The second kappa shape index (κ2) is 21.0. The molecule has 20 heteroatoms. The predicted molar refractivity (Wildman–Crippen MR) is 277 cm³/mol. The molecule has 0 amide bonds. The molecule has 7 aromatic rings. The Labute approximate surface area is 425 Å². The van der Waals surface area contributed by atoms with Gasteiger partial charge in [0.2, 0.25) is 0 Å². The molecule has 0 radical (unpaired) electrons. The SMILES string of the molecule is Cc1cc(C)c(Nc2ccc(C(c3ccc(Nc4c(C)cc(C)c(CC(=O)c5ccc([N+](=O)[O-])cc5)c4C)c(C(=O)O)c3)c3ccc(S(=O)(=O)O)cc3S(=O)(=O)O)cc2)c(C)c1CC(=O)c1ccc([N+](=O)[O-])cc1. The Morgan fingerprint density at radius 3 is 1.45 bits per heavy atom. The normalized spacial score (nSPS) is 11.9. The molecule has 1 atom stereocenters. The van der Waals surface area contributed by atoms with Gasteiger partial charge in [-0.1, -0.05) is 36.4 Å². The summed E-state index contributed by atoms with van der Waals surface area (Å²) in [6.07, 6.45) is -0.0708. The highest BCUT2D eigenvalue weighted by atomic mass is 32.2. The zero-order valence-corrected chi connectivity index (χ0v) is 42.2. The minimum absolute atomic E-state index is 0.00256. The predicted octanol–water partition coefficient (Wildman–Crippen LogP) is 11.1. The third-order valence-electron chi connectivity index (χ3n) is 13.0. The van der Waals surface area contributed by atoms with E-state index in [1.54, 1.807) is 38.1 Å². The lowest BCUT2D eigenvalue weighted by atomic mass is 9.84. The maximum Gasteiger partial charge on any atom is 0.337 e. The van der Waals surface area contributed by atoms with E-state index in [1.807, 2.05) is 39.8 Å². The zero-order valence-electron chi connectivity index (χ0n) is 40.6. The van der Waals surface area contributed by atoms with E-state index in [9.17, 15) is 65.7 Å². The van der Waals surface area contributed by atoms with Crippen molar-refractivity contribution in [2.75, 3.05) is 10.6 Å². The summed E-state index contributed by atoms with van der Waals surface area (Å²) in [6.45, 7) is 11.0. The molecule has 0 fully saturated rings. The fraction of sp³-hybridized carbons (Fsp3) is 0.167.